The Morgan fingerprint density at radius 1 is 1.16 bits per heavy atom. The molecule has 0 aliphatic carbocycles. The summed E-state index contributed by atoms with van der Waals surface area (Å²) in [7, 11) is 1.54. The second-order valence-corrected chi connectivity index (χ2v) is 9.66. The number of aliphatic imine (C=N–C) groups is 1. The fourth-order valence-corrected chi connectivity index (χ4v) is 5.33. The van der Waals surface area contributed by atoms with E-state index >= 15 is 0 Å². The standard InChI is InChI=1S/C27H21ClN4O4S/c1-36-24-11-6-17(14-22(24)28)15-25-26(33)31(13-12-18-16-29-23-5-3-2-4-21(18)23)27(37-25)30-19-7-9-20(10-8-19)32(34)35/h2-11,14-16,29H,12-13H2,1H3/b25-15-,30-27?. The Morgan fingerprint density at radius 3 is 2.68 bits per heavy atom. The van der Waals surface area contributed by atoms with E-state index in [-0.39, 0.29) is 11.6 Å². The van der Waals surface area contributed by atoms with Crippen LogP contribution in [0.3, 0.4) is 0 Å². The number of hydrogen-bond donors (Lipinski definition) is 1. The van der Waals surface area contributed by atoms with Gasteiger partial charge in [0, 0.05) is 35.8 Å². The van der Waals surface area contributed by atoms with Crippen LogP contribution in [0.1, 0.15) is 11.1 Å². The van der Waals surface area contributed by atoms with Crippen molar-refractivity contribution in [1.82, 2.24) is 9.88 Å². The second kappa shape index (κ2) is 10.5. The Hall–Kier alpha value is -4.08. The molecule has 0 bridgehead atoms. The molecule has 0 radical (unpaired) electrons. The molecule has 0 spiro atoms. The van der Waals surface area contributed by atoms with Crippen molar-refractivity contribution >= 4 is 62.8 Å². The number of nitrogens with zero attached hydrogens (tertiary/aromatic N) is 3. The zero-order valence-electron chi connectivity index (χ0n) is 19.7. The highest BCUT2D eigenvalue weighted by atomic mass is 35.5. The van der Waals surface area contributed by atoms with Crippen molar-refractivity contribution in [2.24, 2.45) is 4.99 Å². The van der Waals surface area contributed by atoms with E-state index in [4.69, 9.17) is 16.3 Å². The Balaban J connectivity index is 1.46. The number of nitrogens with one attached hydrogen (secondary N) is 1. The molecule has 2 heterocycles. The molecular weight excluding hydrogens is 512 g/mol. The number of thioether (sulfide) groups is 1. The fourth-order valence-electron chi connectivity index (χ4n) is 4.04. The third-order valence-electron chi connectivity index (χ3n) is 5.93. The number of nitro groups is 1. The number of nitro benzene ring substituents is 1. The number of non-ortho nitro benzene ring substituents is 1. The highest BCUT2D eigenvalue weighted by molar-refractivity contribution is 8.18. The van der Waals surface area contributed by atoms with Crippen LogP contribution in [0.5, 0.6) is 5.75 Å². The van der Waals surface area contributed by atoms with Gasteiger partial charge < -0.3 is 9.72 Å². The number of ether oxygens (including phenoxy) is 1. The van der Waals surface area contributed by atoms with E-state index < -0.39 is 4.92 Å². The lowest BCUT2D eigenvalue weighted by Crippen LogP contribution is -2.31. The molecule has 1 amide bonds. The quantitative estimate of drug-likeness (QED) is 0.164. The summed E-state index contributed by atoms with van der Waals surface area (Å²) in [6, 6.07) is 19.3. The molecule has 4 aromatic rings. The summed E-state index contributed by atoms with van der Waals surface area (Å²) in [6.07, 6.45) is 4.36. The SMILES string of the molecule is COc1ccc(/C=C2\SC(=Nc3ccc([N+](=O)[O-])cc3)N(CCc3c[nH]c4ccccc34)C2=O)cc1Cl. The second-order valence-electron chi connectivity index (χ2n) is 8.24. The normalized spacial score (nSPS) is 15.7. The number of amides is 1. The number of hydrogen-bond acceptors (Lipinski definition) is 6. The molecule has 5 rings (SSSR count). The number of carbonyl (C=O) groups is 1. The number of fused-ring (bicyclic) bond motifs is 1. The number of methoxy groups -OCH3 is 1. The number of H-pyrrole nitrogens is 1. The molecule has 1 saturated heterocycles. The third kappa shape index (κ3) is 5.23. The minimum atomic E-state index is -0.459. The first-order valence-corrected chi connectivity index (χ1v) is 12.6. The lowest BCUT2D eigenvalue weighted by Gasteiger charge is -2.15. The Bertz CT molecular complexity index is 1560. The first-order valence-electron chi connectivity index (χ1n) is 11.4. The zero-order valence-corrected chi connectivity index (χ0v) is 21.3. The van der Waals surface area contributed by atoms with Crippen LogP contribution < -0.4 is 4.74 Å². The Morgan fingerprint density at radius 2 is 1.95 bits per heavy atom. The van der Waals surface area contributed by atoms with E-state index in [9.17, 15) is 14.9 Å². The maximum Gasteiger partial charge on any atom is 0.269 e. The first kappa shape index (κ1) is 24.6. The molecule has 37 heavy (non-hydrogen) atoms. The molecule has 10 heteroatoms. The fraction of sp³-hybridized carbons (Fsp3) is 0.111. The van der Waals surface area contributed by atoms with E-state index in [0.29, 0.717) is 39.5 Å². The van der Waals surface area contributed by atoms with E-state index in [1.165, 1.54) is 23.9 Å². The monoisotopic (exact) mass is 532 g/mol. The predicted octanol–water partition coefficient (Wildman–Crippen LogP) is 6.58. The van der Waals surface area contributed by atoms with Gasteiger partial charge >= 0.3 is 0 Å². The summed E-state index contributed by atoms with van der Waals surface area (Å²) in [5.74, 6) is 0.382. The van der Waals surface area contributed by atoms with Crippen LogP contribution in [-0.4, -0.2) is 39.5 Å². The van der Waals surface area contributed by atoms with Gasteiger partial charge in [-0.05, 0) is 65.7 Å². The third-order valence-corrected chi connectivity index (χ3v) is 7.23. The van der Waals surface area contributed by atoms with Gasteiger partial charge in [0.1, 0.15) is 5.75 Å². The van der Waals surface area contributed by atoms with Crippen LogP contribution in [0.4, 0.5) is 11.4 Å². The van der Waals surface area contributed by atoms with Crippen LogP contribution in [0.2, 0.25) is 5.02 Å². The van der Waals surface area contributed by atoms with E-state index in [0.717, 1.165) is 22.0 Å². The Kier molecular flexibility index (Phi) is 6.98. The highest BCUT2D eigenvalue weighted by Crippen LogP contribution is 2.36. The maximum absolute atomic E-state index is 13.5. The first-order chi connectivity index (χ1) is 17.9. The van der Waals surface area contributed by atoms with E-state index in [1.807, 2.05) is 36.5 Å². The lowest BCUT2D eigenvalue weighted by molar-refractivity contribution is -0.384. The average molecular weight is 533 g/mol. The Labute approximate surface area is 221 Å². The number of halogens is 1. The van der Waals surface area contributed by atoms with Crippen LogP contribution in [0, 0.1) is 10.1 Å². The summed E-state index contributed by atoms with van der Waals surface area (Å²) < 4.78 is 5.22. The maximum atomic E-state index is 13.5. The molecule has 1 N–H and O–H groups in total. The van der Waals surface area contributed by atoms with Gasteiger partial charge in [0.05, 0.1) is 27.6 Å². The van der Waals surface area contributed by atoms with Gasteiger partial charge in [-0.15, -0.1) is 0 Å². The minimum absolute atomic E-state index is 0.0211. The van der Waals surface area contributed by atoms with Crippen molar-refractivity contribution in [3.8, 4) is 5.75 Å². The number of carbonyl (C=O) groups excluding carboxylic acids is 1. The summed E-state index contributed by atoms with van der Waals surface area (Å²) in [4.78, 5) is 34.1. The smallest absolute Gasteiger partial charge is 0.269 e. The lowest BCUT2D eigenvalue weighted by atomic mass is 10.1. The topological polar surface area (TPSA) is 101 Å². The van der Waals surface area contributed by atoms with Crippen LogP contribution in [-0.2, 0) is 11.2 Å². The van der Waals surface area contributed by atoms with Gasteiger partial charge in [0.15, 0.2) is 5.17 Å². The van der Waals surface area contributed by atoms with Gasteiger partial charge in [-0.25, -0.2) is 4.99 Å². The number of aromatic nitrogens is 1. The van der Waals surface area contributed by atoms with Crippen molar-refractivity contribution in [3.63, 3.8) is 0 Å². The number of amidine groups is 1. The van der Waals surface area contributed by atoms with Crippen molar-refractivity contribution < 1.29 is 14.5 Å². The van der Waals surface area contributed by atoms with Crippen LogP contribution >= 0.6 is 23.4 Å². The molecule has 186 valence electrons. The average Bonchev–Trinajstić information content (AvgIpc) is 3.43. The summed E-state index contributed by atoms with van der Waals surface area (Å²) >= 11 is 7.53. The van der Waals surface area contributed by atoms with Crippen molar-refractivity contribution in [3.05, 3.63) is 104 Å². The largest absolute Gasteiger partial charge is 0.495 e. The number of rotatable bonds is 7. The molecule has 1 aliphatic heterocycles. The molecular formula is C27H21ClN4O4S. The molecule has 8 nitrogen and oxygen atoms in total. The molecule has 3 aromatic carbocycles. The van der Waals surface area contributed by atoms with Gasteiger partial charge in [-0.3, -0.25) is 19.8 Å². The number of benzene rings is 3. The zero-order chi connectivity index (χ0) is 25.9. The molecule has 0 unspecified atom stereocenters. The van der Waals surface area contributed by atoms with Crippen LogP contribution in [0.25, 0.3) is 17.0 Å². The van der Waals surface area contributed by atoms with E-state index in [1.54, 1.807) is 42.4 Å². The van der Waals surface area contributed by atoms with Gasteiger partial charge in [0.2, 0.25) is 0 Å². The summed E-state index contributed by atoms with van der Waals surface area (Å²) in [5.41, 5.74) is 3.40. The molecule has 1 fully saturated rings. The van der Waals surface area contributed by atoms with Gasteiger partial charge in [-0.1, -0.05) is 35.9 Å². The minimum Gasteiger partial charge on any atom is -0.495 e. The number of aromatic amines is 1. The molecule has 0 saturated carbocycles. The van der Waals surface area contributed by atoms with Gasteiger partial charge in [-0.2, -0.15) is 0 Å². The summed E-state index contributed by atoms with van der Waals surface area (Å²) in [6.45, 7) is 0.417. The van der Waals surface area contributed by atoms with Gasteiger partial charge in [0.25, 0.3) is 11.6 Å². The number of para-hydroxylation sites is 1. The summed E-state index contributed by atoms with van der Waals surface area (Å²) in [5, 5.41) is 13.1. The van der Waals surface area contributed by atoms with Crippen LogP contribution in [0.15, 0.2) is 82.8 Å². The highest BCUT2D eigenvalue weighted by Gasteiger charge is 2.33. The molecule has 1 aromatic heterocycles. The van der Waals surface area contributed by atoms with Crippen molar-refractivity contribution in [1.29, 1.82) is 0 Å². The molecule has 0 atom stereocenters. The predicted molar refractivity (Wildman–Crippen MR) is 147 cm³/mol. The van der Waals surface area contributed by atoms with Crippen molar-refractivity contribution in [2.75, 3.05) is 13.7 Å². The van der Waals surface area contributed by atoms with Crippen molar-refractivity contribution in [2.45, 2.75) is 6.42 Å². The van der Waals surface area contributed by atoms with E-state index in [2.05, 4.69) is 9.98 Å². The molecule has 1 aliphatic rings.